The Morgan fingerprint density at radius 2 is 1.96 bits per heavy atom. The molecule has 2 aromatic rings. The summed E-state index contributed by atoms with van der Waals surface area (Å²) in [4.78, 5) is 18.3. The first-order valence-corrected chi connectivity index (χ1v) is 9.37. The van der Waals surface area contributed by atoms with Crippen molar-refractivity contribution >= 4 is 29.0 Å². The Bertz CT molecular complexity index is 821. The zero-order chi connectivity index (χ0) is 20.3. The second kappa shape index (κ2) is 8.36. The fraction of sp³-hybridized carbons (Fsp3) is 0.368. The van der Waals surface area contributed by atoms with Gasteiger partial charge in [-0.3, -0.25) is 9.69 Å². The Morgan fingerprint density at radius 3 is 2.54 bits per heavy atom. The summed E-state index contributed by atoms with van der Waals surface area (Å²) >= 11 is 5.94. The Kier molecular flexibility index (Phi) is 6.10. The number of carbonyl (C=O) groups excluding carboxylic acids is 1. The minimum atomic E-state index is -4.36. The summed E-state index contributed by atoms with van der Waals surface area (Å²) < 4.78 is 38.0. The molecule has 3 N–H and O–H groups in total. The second-order valence-corrected chi connectivity index (χ2v) is 7.26. The topological polar surface area (TPSA) is 50.9 Å². The van der Waals surface area contributed by atoms with Crippen LogP contribution in [0.5, 0.6) is 0 Å². The van der Waals surface area contributed by atoms with Gasteiger partial charge in [-0.1, -0.05) is 17.7 Å². The van der Waals surface area contributed by atoms with E-state index in [1.54, 1.807) is 24.3 Å². The number of hydrogen-bond acceptors (Lipinski definition) is 2. The Hall–Kier alpha value is -2.32. The number of alkyl halides is 3. The van der Waals surface area contributed by atoms with E-state index in [2.05, 4.69) is 10.3 Å². The predicted molar refractivity (Wildman–Crippen MR) is 100 cm³/mol. The standard InChI is InChI=1S/C19H20ClF3N4O/c1-13(18(28)25-16-4-2-3-15(20)11-16)26-7-9-27(10-8-26)17-6-5-14(12-24-17)19(21,22)23/h2-6,11-13H,7-10H2,1H3,(H,25,28)/p+2/t13-/m1/s1. The molecule has 1 amide bonds. The van der Waals surface area contributed by atoms with Gasteiger partial charge >= 0.3 is 6.18 Å². The monoisotopic (exact) mass is 414 g/mol. The van der Waals surface area contributed by atoms with E-state index in [4.69, 9.17) is 11.6 Å². The predicted octanol–water partition coefficient (Wildman–Crippen LogP) is 1.91. The molecular weight excluding hydrogens is 393 g/mol. The molecule has 0 radical (unpaired) electrons. The molecule has 1 fully saturated rings. The minimum Gasteiger partial charge on any atom is -0.321 e. The maximum atomic E-state index is 12.7. The normalized spacial score (nSPS) is 16.7. The maximum Gasteiger partial charge on any atom is 0.419 e. The van der Waals surface area contributed by atoms with Crippen LogP contribution in [-0.2, 0) is 11.0 Å². The molecule has 1 aliphatic rings. The average Bonchev–Trinajstić information content (AvgIpc) is 2.67. The minimum absolute atomic E-state index is 0.0909. The third kappa shape index (κ3) is 4.94. The van der Waals surface area contributed by atoms with Crippen LogP contribution in [0.2, 0.25) is 5.02 Å². The molecule has 3 rings (SSSR count). The van der Waals surface area contributed by atoms with Gasteiger partial charge in [0.1, 0.15) is 32.4 Å². The van der Waals surface area contributed by atoms with Crippen LogP contribution in [-0.4, -0.2) is 38.1 Å². The highest BCUT2D eigenvalue weighted by atomic mass is 35.5. The number of rotatable bonds is 4. The summed E-state index contributed by atoms with van der Waals surface area (Å²) in [5, 5.41) is 3.43. The summed E-state index contributed by atoms with van der Waals surface area (Å²) in [6.45, 7) is 4.57. The molecule has 1 aromatic heterocycles. The number of hydrogen-bond donors (Lipinski definition) is 2. The summed E-state index contributed by atoms with van der Waals surface area (Å²) in [6, 6.07) is 9.26. The zero-order valence-corrected chi connectivity index (χ0v) is 16.1. The molecule has 0 unspecified atom stereocenters. The number of piperazine rings is 1. The van der Waals surface area contributed by atoms with Crippen LogP contribution in [0, 0.1) is 0 Å². The number of carbonyl (C=O) groups is 1. The molecule has 0 spiro atoms. The molecule has 28 heavy (non-hydrogen) atoms. The van der Waals surface area contributed by atoms with Gasteiger partial charge in [-0.05, 0) is 31.2 Å². The number of H-pyrrole nitrogens is 1. The van der Waals surface area contributed by atoms with E-state index in [-0.39, 0.29) is 11.9 Å². The smallest absolute Gasteiger partial charge is 0.321 e. The number of nitrogens with one attached hydrogen (secondary N) is 3. The van der Waals surface area contributed by atoms with Gasteiger partial charge in [-0.15, -0.1) is 0 Å². The molecule has 1 aliphatic heterocycles. The van der Waals surface area contributed by atoms with Crippen molar-refractivity contribution in [3.8, 4) is 0 Å². The van der Waals surface area contributed by atoms with Crippen molar-refractivity contribution in [1.82, 2.24) is 0 Å². The molecule has 150 valence electrons. The second-order valence-electron chi connectivity index (χ2n) is 6.83. The van der Waals surface area contributed by atoms with E-state index in [1.165, 1.54) is 6.07 Å². The van der Waals surface area contributed by atoms with Gasteiger partial charge < -0.3 is 10.2 Å². The number of benzene rings is 1. The SMILES string of the molecule is C[C@H](C(=O)Nc1cccc(Cl)c1)[NH+]1CCN(c2ccc(C(F)(F)F)c[nH+]2)CC1. The molecule has 0 saturated carbocycles. The Labute approximate surface area is 166 Å². The van der Waals surface area contributed by atoms with E-state index in [9.17, 15) is 18.0 Å². The number of halogens is 4. The van der Waals surface area contributed by atoms with E-state index in [0.717, 1.165) is 17.2 Å². The molecule has 5 nitrogen and oxygen atoms in total. The summed E-state index contributed by atoms with van der Waals surface area (Å²) in [6.07, 6.45) is -3.38. The van der Waals surface area contributed by atoms with Gasteiger partial charge in [0, 0.05) is 16.8 Å². The van der Waals surface area contributed by atoms with Crippen molar-refractivity contribution in [2.45, 2.75) is 19.1 Å². The van der Waals surface area contributed by atoms with Crippen molar-refractivity contribution in [2.24, 2.45) is 0 Å². The number of nitrogens with zero attached hydrogens (tertiary/aromatic N) is 1. The highest BCUT2D eigenvalue weighted by molar-refractivity contribution is 6.30. The molecule has 1 atom stereocenters. The van der Waals surface area contributed by atoms with Crippen LogP contribution in [0.1, 0.15) is 12.5 Å². The lowest BCUT2D eigenvalue weighted by Crippen LogP contribution is -3.19. The number of anilines is 2. The number of pyridine rings is 1. The molecule has 1 saturated heterocycles. The van der Waals surface area contributed by atoms with Crippen LogP contribution < -0.4 is 20.1 Å². The first kappa shape index (κ1) is 20.4. The molecular formula is C19H22ClF3N4O+2. The lowest BCUT2D eigenvalue weighted by atomic mass is 10.2. The number of quaternary nitrogens is 1. The van der Waals surface area contributed by atoms with Crippen molar-refractivity contribution < 1.29 is 27.8 Å². The molecule has 9 heteroatoms. The molecule has 0 aliphatic carbocycles. The quantitative estimate of drug-likeness (QED) is 0.803. The fourth-order valence-corrected chi connectivity index (χ4v) is 3.45. The summed E-state index contributed by atoms with van der Waals surface area (Å²) in [5.74, 6) is 0.551. The van der Waals surface area contributed by atoms with Gasteiger partial charge in [0.05, 0.1) is 5.56 Å². The maximum absolute atomic E-state index is 12.7. The Morgan fingerprint density at radius 1 is 1.25 bits per heavy atom. The number of amides is 1. The van der Waals surface area contributed by atoms with E-state index in [0.29, 0.717) is 42.7 Å². The van der Waals surface area contributed by atoms with E-state index in [1.807, 2.05) is 11.8 Å². The first-order valence-electron chi connectivity index (χ1n) is 8.99. The molecule has 2 heterocycles. The Balaban J connectivity index is 1.55. The zero-order valence-electron chi connectivity index (χ0n) is 15.3. The van der Waals surface area contributed by atoms with Gasteiger partial charge in [0.25, 0.3) is 11.7 Å². The molecule has 0 bridgehead atoms. The van der Waals surface area contributed by atoms with Crippen LogP contribution in [0.3, 0.4) is 0 Å². The average molecular weight is 415 g/mol. The van der Waals surface area contributed by atoms with Crippen LogP contribution in [0.15, 0.2) is 42.6 Å². The van der Waals surface area contributed by atoms with Gasteiger partial charge in [-0.25, -0.2) is 4.98 Å². The summed E-state index contributed by atoms with van der Waals surface area (Å²) in [7, 11) is 0. The third-order valence-corrected chi connectivity index (χ3v) is 5.20. The summed E-state index contributed by atoms with van der Waals surface area (Å²) in [5.41, 5.74) is -0.0476. The van der Waals surface area contributed by atoms with Crippen molar-refractivity contribution in [2.75, 3.05) is 36.4 Å². The van der Waals surface area contributed by atoms with Gasteiger partial charge in [0.15, 0.2) is 6.04 Å². The lowest BCUT2D eigenvalue weighted by Gasteiger charge is -2.31. The lowest BCUT2D eigenvalue weighted by molar-refractivity contribution is -0.914. The highest BCUT2D eigenvalue weighted by Crippen LogP contribution is 2.28. The van der Waals surface area contributed by atoms with Gasteiger partial charge in [-0.2, -0.15) is 13.2 Å². The van der Waals surface area contributed by atoms with Crippen LogP contribution >= 0.6 is 11.6 Å². The van der Waals surface area contributed by atoms with Crippen molar-refractivity contribution in [1.29, 1.82) is 0 Å². The van der Waals surface area contributed by atoms with Crippen molar-refractivity contribution in [3.63, 3.8) is 0 Å². The van der Waals surface area contributed by atoms with Gasteiger partial charge in [0.2, 0.25) is 0 Å². The number of aromatic amines is 1. The fourth-order valence-electron chi connectivity index (χ4n) is 3.26. The third-order valence-electron chi connectivity index (χ3n) is 4.97. The van der Waals surface area contributed by atoms with E-state index < -0.39 is 11.7 Å². The first-order chi connectivity index (χ1) is 13.2. The van der Waals surface area contributed by atoms with Crippen LogP contribution in [0.25, 0.3) is 0 Å². The van der Waals surface area contributed by atoms with Crippen molar-refractivity contribution in [3.05, 3.63) is 53.2 Å². The van der Waals surface area contributed by atoms with E-state index >= 15 is 0 Å². The highest BCUT2D eigenvalue weighted by Gasteiger charge is 2.34. The van der Waals surface area contributed by atoms with Crippen LogP contribution in [0.4, 0.5) is 24.7 Å². The number of aromatic nitrogens is 1. The largest absolute Gasteiger partial charge is 0.419 e. The molecule has 1 aromatic carbocycles.